The summed E-state index contributed by atoms with van der Waals surface area (Å²) in [5.41, 5.74) is 0.711. The Bertz CT molecular complexity index is 395. The van der Waals surface area contributed by atoms with Gasteiger partial charge in [-0.25, -0.2) is 8.78 Å². The summed E-state index contributed by atoms with van der Waals surface area (Å²) < 4.78 is 31.6. The van der Waals surface area contributed by atoms with Crippen molar-refractivity contribution in [3.05, 3.63) is 29.6 Å². The van der Waals surface area contributed by atoms with Crippen LogP contribution in [0.25, 0.3) is 0 Å². The highest BCUT2D eigenvalue weighted by molar-refractivity contribution is 5.36. The first-order chi connectivity index (χ1) is 8.76. The van der Waals surface area contributed by atoms with E-state index < -0.39 is 6.67 Å². The summed E-state index contributed by atoms with van der Waals surface area (Å²) in [4.78, 5) is 2.06. The molecule has 100 valence electrons. The molecule has 1 heterocycles. The van der Waals surface area contributed by atoms with Crippen LogP contribution < -0.4 is 10.1 Å². The molecule has 0 radical (unpaired) electrons. The summed E-state index contributed by atoms with van der Waals surface area (Å²) in [6.45, 7) is 2.77. The average Bonchev–Trinajstić information content (AvgIpc) is 2.42. The van der Waals surface area contributed by atoms with Crippen LogP contribution in [0.3, 0.4) is 0 Å². The molecule has 1 saturated heterocycles. The number of hydrogen-bond donors (Lipinski definition) is 1. The van der Waals surface area contributed by atoms with Gasteiger partial charge in [0.15, 0.2) is 0 Å². The van der Waals surface area contributed by atoms with Crippen molar-refractivity contribution in [3.63, 3.8) is 0 Å². The molecule has 2 rings (SSSR count). The first-order valence-corrected chi connectivity index (χ1v) is 6.10. The van der Waals surface area contributed by atoms with Crippen molar-refractivity contribution in [2.24, 2.45) is 0 Å². The van der Waals surface area contributed by atoms with E-state index in [1.54, 1.807) is 6.07 Å². The molecule has 1 atom stereocenters. The number of methoxy groups -OCH3 is 1. The van der Waals surface area contributed by atoms with Gasteiger partial charge >= 0.3 is 0 Å². The lowest BCUT2D eigenvalue weighted by molar-refractivity contribution is 0.145. The predicted octanol–water partition coefficient (Wildman–Crippen LogP) is 1.75. The van der Waals surface area contributed by atoms with E-state index in [0.29, 0.717) is 11.3 Å². The Labute approximate surface area is 106 Å². The maximum absolute atomic E-state index is 13.3. The van der Waals surface area contributed by atoms with Gasteiger partial charge in [0.25, 0.3) is 0 Å². The predicted molar refractivity (Wildman–Crippen MR) is 66.1 cm³/mol. The van der Waals surface area contributed by atoms with E-state index in [1.807, 2.05) is 0 Å². The highest BCUT2D eigenvalue weighted by Crippen LogP contribution is 2.30. The minimum absolute atomic E-state index is 0.359. The van der Waals surface area contributed by atoms with E-state index in [1.165, 1.54) is 19.2 Å². The lowest BCUT2D eigenvalue weighted by atomic mass is 10.0. The summed E-state index contributed by atoms with van der Waals surface area (Å²) >= 11 is 0. The van der Waals surface area contributed by atoms with Gasteiger partial charge in [0.05, 0.1) is 13.2 Å². The van der Waals surface area contributed by atoms with E-state index in [4.69, 9.17) is 4.74 Å². The van der Waals surface area contributed by atoms with Crippen molar-refractivity contribution in [2.45, 2.75) is 6.04 Å². The SMILES string of the molecule is COc1cc(F)ccc1[C@H](CF)N1CCNCC1. The van der Waals surface area contributed by atoms with E-state index in [9.17, 15) is 8.78 Å². The summed E-state index contributed by atoms with van der Waals surface area (Å²) in [6, 6.07) is 3.91. The molecule has 0 bridgehead atoms. The van der Waals surface area contributed by atoms with Gasteiger partial charge in [-0.3, -0.25) is 4.90 Å². The Balaban J connectivity index is 2.25. The highest BCUT2D eigenvalue weighted by atomic mass is 19.1. The molecule has 0 aromatic heterocycles. The van der Waals surface area contributed by atoms with Crippen molar-refractivity contribution < 1.29 is 13.5 Å². The Morgan fingerprint density at radius 3 is 2.72 bits per heavy atom. The van der Waals surface area contributed by atoms with E-state index in [2.05, 4.69) is 10.2 Å². The largest absolute Gasteiger partial charge is 0.496 e. The van der Waals surface area contributed by atoms with Crippen LogP contribution in [0.5, 0.6) is 5.75 Å². The zero-order chi connectivity index (χ0) is 13.0. The lowest BCUT2D eigenvalue weighted by Gasteiger charge is -2.34. The first-order valence-electron chi connectivity index (χ1n) is 6.10. The van der Waals surface area contributed by atoms with E-state index in [-0.39, 0.29) is 11.9 Å². The normalized spacial score (nSPS) is 18.6. The maximum atomic E-state index is 13.3. The molecule has 1 aromatic carbocycles. The molecule has 1 aliphatic rings. The standard InChI is InChI=1S/C13H18F2N2O/c1-18-13-8-10(15)2-3-11(13)12(9-14)17-6-4-16-5-7-17/h2-3,8,12,16H,4-7,9H2,1H3/t12-/m0/s1. The number of benzene rings is 1. The van der Waals surface area contributed by atoms with Crippen molar-refractivity contribution in [1.29, 1.82) is 0 Å². The Morgan fingerprint density at radius 2 is 2.11 bits per heavy atom. The van der Waals surface area contributed by atoms with Gasteiger partial charge < -0.3 is 10.1 Å². The molecular weight excluding hydrogens is 238 g/mol. The van der Waals surface area contributed by atoms with Crippen LogP contribution >= 0.6 is 0 Å². The van der Waals surface area contributed by atoms with Gasteiger partial charge in [-0.05, 0) is 6.07 Å². The van der Waals surface area contributed by atoms with Crippen molar-refractivity contribution >= 4 is 0 Å². The number of halogens is 2. The number of nitrogens with one attached hydrogen (secondary N) is 1. The van der Waals surface area contributed by atoms with Crippen LogP contribution in [-0.4, -0.2) is 44.9 Å². The lowest BCUT2D eigenvalue weighted by Crippen LogP contribution is -2.45. The molecule has 0 spiro atoms. The average molecular weight is 256 g/mol. The topological polar surface area (TPSA) is 24.5 Å². The van der Waals surface area contributed by atoms with E-state index in [0.717, 1.165) is 26.2 Å². The van der Waals surface area contributed by atoms with Crippen molar-refractivity contribution in [1.82, 2.24) is 10.2 Å². The molecule has 1 fully saturated rings. The Kier molecular flexibility index (Phi) is 4.49. The zero-order valence-electron chi connectivity index (χ0n) is 10.5. The fraction of sp³-hybridized carbons (Fsp3) is 0.538. The molecular formula is C13H18F2N2O. The quantitative estimate of drug-likeness (QED) is 0.888. The van der Waals surface area contributed by atoms with Gasteiger partial charge in [0.1, 0.15) is 18.2 Å². The van der Waals surface area contributed by atoms with Crippen LogP contribution in [0.1, 0.15) is 11.6 Å². The number of piperazine rings is 1. The number of hydrogen-bond acceptors (Lipinski definition) is 3. The summed E-state index contributed by atoms with van der Waals surface area (Å²) in [5.74, 6) is 0.0460. The molecule has 5 heteroatoms. The molecule has 18 heavy (non-hydrogen) atoms. The second kappa shape index (κ2) is 6.11. The fourth-order valence-corrected chi connectivity index (χ4v) is 2.33. The third-order valence-electron chi connectivity index (χ3n) is 3.29. The summed E-state index contributed by atoms with van der Waals surface area (Å²) in [5, 5.41) is 3.23. The van der Waals surface area contributed by atoms with Crippen LogP contribution in [0.4, 0.5) is 8.78 Å². The first kappa shape index (κ1) is 13.2. The van der Waals surface area contributed by atoms with Crippen LogP contribution in [-0.2, 0) is 0 Å². The molecule has 0 aliphatic carbocycles. The number of nitrogens with zero attached hydrogens (tertiary/aromatic N) is 1. The minimum atomic E-state index is -0.498. The zero-order valence-corrected chi connectivity index (χ0v) is 10.5. The number of alkyl halides is 1. The van der Waals surface area contributed by atoms with Crippen molar-refractivity contribution in [3.8, 4) is 5.75 Å². The van der Waals surface area contributed by atoms with Gasteiger partial charge in [-0.2, -0.15) is 0 Å². The molecule has 0 unspecified atom stereocenters. The second-order valence-corrected chi connectivity index (χ2v) is 4.34. The monoisotopic (exact) mass is 256 g/mol. The van der Waals surface area contributed by atoms with Crippen LogP contribution in [0, 0.1) is 5.82 Å². The smallest absolute Gasteiger partial charge is 0.126 e. The van der Waals surface area contributed by atoms with Crippen LogP contribution in [0.2, 0.25) is 0 Å². The van der Waals surface area contributed by atoms with Gasteiger partial charge in [0.2, 0.25) is 0 Å². The summed E-state index contributed by atoms with van der Waals surface area (Å²) in [6.07, 6.45) is 0. The Morgan fingerprint density at radius 1 is 1.39 bits per heavy atom. The fourth-order valence-electron chi connectivity index (χ4n) is 2.33. The second-order valence-electron chi connectivity index (χ2n) is 4.34. The molecule has 0 amide bonds. The maximum Gasteiger partial charge on any atom is 0.126 e. The third kappa shape index (κ3) is 2.79. The molecule has 1 N–H and O–H groups in total. The molecule has 1 aromatic rings. The summed E-state index contributed by atoms with van der Waals surface area (Å²) in [7, 11) is 1.48. The van der Waals surface area contributed by atoms with Gasteiger partial charge in [-0.1, -0.05) is 6.07 Å². The minimum Gasteiger partial charge on any atom is -0.496 e. The third-order valence-corrected chi connectivity index (χ3v) is 3.29. The number of rotatable bonds is 4. The van der Waals surface area contributed by atoms with Gasteiger partial charge in [-0.15, -0.1) is 0 Å². The molecule has 3 nitrogen and oxygen atoms in total. The Hall–Kier alpha value is -1.20. The van der Waals surface area contributed by atoms with Gasteiger partial charge in [0, 0.05) is 37.8 Å². The highest BCUT2D eigenvalue weighted by Gasteiger charge is 2.24. The number of ether oxygens (including phenoxy) is 1. The van der Waals surface area contributed by atoms with Crippen molar-refractivity contribution in [2.75, 3.05) is 40.0 Å². The van der Waals surface area contributed by atoms with Crippen LogP contribution in [0.15, 0.2) is 18.2 Å². The van der Waals surface area contributed by atoms with E-state index >= 15 is 0 Å². The molecule has 1 aliphatic heterocycles. The molecule has 0 saturated carbocycles.